The maximum absolute atomic E-state index is 10.7. The number of hydrogen-bond donors (Lipinski definition) is 2. The summed E-state index contributed by atoms with van der Waals surface area (Å²) in [4.78, 5) is 0. The van der Waals surface area contributed by atoms with Gasteiger partial charge in [0.2, 0.25) is 0 Å². The van der Waals surface area contributed by atoms with Gasteiger partial charge in [0, 0.05) is 6.04 Å². The molecule has 2 saturated carbocycles. The van der Waals surface area contributed by atoms with Crippen LogP contribution in [0.4, 0.5) is 0 Å². The van der Waals surface area contributed by atoms with E-state index in [1.54, 1.807) is 0 Å². The summed E-state index contributed by atoms with van der Waals surface area (Å²) in [7, 11) is 0. The van der Waals surface area contributed by atoms with Crippen LogP contribution in [-0.4, -0.2) is 23.3 Å². The second-order valence-corrected chi connectivity index (χ2v) is 5.52. The number of nitrogens with one attached hydrogen (secondary N) is 1. The highest BCUT2D eigenvalue weighted by Crippen LogP contribution is 2.58. The predicted octanol–water partition coefficient (Wildman–Crippen LogP) is 1.00. The second-order valence-electron chi connectivity index (χ2n) is 5.52. The first-order valence-corrected chi connectivity index (χ1v) is 5.59. The van der Waals surface area contributed by atoms with Gasteiger partial charge in [-0.05, 0) is 43.1 Å². The van der Waals surface area contributed by atoms with Gasteiger partial charge in [-0.2, -0.15) is 0 Å². The fourth-order valence-electron chi connectivity index (χ4n) is 4.20. The minimum atomic E-state index is -0.391. The summed E-state index contributed by atoms with van der Waals surface area (Å²) in [5, 5.41) is 14.2. The number of hydrogen-bond acceptors (Lipinski definition) is 2. The van der Waals surface area contributed by atoms with E-state index in [9.17, 15) is 5.11 Å². The molecule has 3 rings (SSSR count). The molecule has 0 aromatic heterocycles. The lowest BCUT2D eigenvalue weighted by molar-refractivity contribution is -0.0695. The van der Waals surface area contributed by atoms with Crippen molar-refractivity contribution in [2.24, 2.45) is 23.7 Å². The van der Waals surface area contributed by atoms with Gasteiger partial charge in [-0.15, -0.1) is 0 Å². The van der Waals surface area contributed by atoms with Crippen LogP contribution in [0.25, 0.3) is 0 Å². The molecule has 3 fully saturated rings. The van der Waals surface area contributed by atoms with Gasteiger partial charge >= 0.3 is 0 Å². The predicted molar refractivity (Wildman–Crippen MR) is 51.3 cm³/mol. The molecular weight excluding hydrogens is 162 g/mol. The van der Waals surface area contributed by atoms with Gasteiger partial charge in [-0.25, -0.2) is 0 Å². The molecular formula is C11H19NO. The van der Waals surface area contributed by atoms with Crippen molar-refractivity contribution in [2.75, 3.05) is 6.54 Å². The largest absolute Gasteiger partial charge is 0.388 e. The molecule has 13 heavy (non-hydrogen) atoms. The topological polar surface area (TPSA) is 32.3 Å². The molecule has 2 aliphatic carbocycles. The van der Waals surface area contributed by atoms with Crippen molar-refractivity contribution < 1.29 is 5.11 Å². The molecule has 1 saturated heterocycles. The third-order valence-electron chi connectivity index (χ3n) is 4.85. The van der Waals surface area contributed by atoms with Gasteiger partial charge in [0.05, 0.1) is 5.60 Å². The van der Waals surface area contributed by atoms with Crippen LogP contribution in [0.15, 0.2) is 0 Å². The first-order valence-electron chi connectivity index (χ1n) is 5.59. The van der Waals surface area contributed by atoms with Crippen LogP contribution >= 0.6 is 0 Å². The van der Waals surface area contributed by atoms with E-state index in [1.807, 2.05) is 0 Å². The number of aliphatic hydroxyl groups is 1. The molecule has 3 aliphatic rings. The van der Waals surface area contributed by atoms with Crippen LogP contribution in [0.5, 0.6) is 0 Å². The Morgan fingerprint density at radius 2 is 2.15 bits per heavy atom. The number of rotatable bonds is 1. The quantitative estimate of drug-likeness (QED) is 0.632. The van der Waals surface area contributed by atoms with E-state index >= 15 is 0 Å². The van der Waals surface area contributed by atoms with Gasteiger partial charge in [-0.1, -0.05) is 13.8 Å². The van der Waals surface area contributed by atoms with Crippen molar-refractivity contribution in [3.05, 3.63) is 0 Å². The zero-order valence-corrected chi connectivity index (χ0v) is 8.46. The summed E-state index contributed by atoms with van der Waals surface area (Å²) in [6.07, 6.45) is 2.54. The van der Waals surface area contributed by atoms with Crippen molar-refractivity contribution in [1.29, 1.82) is 0 Å². The van der Waals surface area contributed by atoms with E-state index < -0.39 is 5.60 Å². The highest BCUT2D eigenvalue weighted by atomic mass is 16.3. The Morgan fingerprint density at radius 1 is 1.38 bits per heavy atom. The average Bonchev–Trinajstić information content (AvgIpc) is 2.61. The fraction of sp³-hybridized carbons (Fsp3) is 1.00. The van der Waals surface area contributed by atoms with Gasteiger partial charge < -0.3 is 10.4 Å². The molecule has 2 heteroatoms. The minimum absolute atomic E-state index is 0.391. The number of fused-ring (bicyclic) bond motifs is 1. The summed E-state index contributed by atoms with van der Waals surface area (Å²) in [6, 6.07) is 0.413. The van der Waals surface area contributed by atoms with Crippen molar-refractivity contribution in [2.45, 2.75) is 38.3 Å². The molecule has 2 N–H and O–H groups in total. The Bertz CT molecular complexity index is 238. The summed E-state index contributed by atoms with van der Waals surface area (Å²) >= 11 is 0. The monoisotopic (exact) mass is 181 g/mol. The Kier molecular flexibility index (Phi) is 1.45. The van der Waals surface area contributed by atoms with Crippen molar-refractivity contribution in [3.63, 3.8) is 0 Å². The molecule has 5 unspecified atom stereocenters. The van der Waals surface area contributed by atoms with Gasteiger partial charge in [-0.3, -0.25) is 0 Å². The molecule has 0 aromatic rings. The Labute approximate surface area is 79.7 Å². The molecule has 1 aliphatic heterocycles. The smallest absolute Gasteiger partial charge is 0.0853 e. The molecule has 0 spiro atoms. The first kappa shape index (κ1) is 8.25. The maximum Gasteiger partial charge on any atom is 0.0853 e. The van der Waals surface area contributed by atoms with Gasteiger partial charge in [0.1, 0.15) is 0 Å². The van der Waals surface area contributed by atoms with Gasteiger partial charge in [0.25, 0.3) is 0 Å². The lowest BCUT2D eigenvalue weighted by Crippen LogP contribution is -2.54. The molecule has 0 aromatic carbocycles. The summed E-state index contributed by atoms with van der Waals surface area (Å²) in [6.45, 7) is 5.48. The van der Waals surface area contributed by atoms with E-state index in [0.29, 0.717) is 17.9 Å². The van der Waals surface area contributed by atoms with Crippen LogP contribution in [0, 0.1) is 23.7 Å². The van der Waals surface area contributed by atoms with E-state index in [0.717, 1.165) is 18.4 Å². The third-order valence-corrected chi connectivity index (χ3v) is 4.85. The summed E-state index contributed by atoms with van der Waals surface area (Å²) in [5.74, 6) is 2.66. The second kappa shape index (κ2) is 2.29. The van der Waals surface area contributed by atoms with E-state index in [4.69, 9.17) is 0 Å². The highest BCUT2D eigenvalue weighted by Gasteiger charge is 2.64. The minimum Gasteiger partial charge on any atom is -0.388 e. The van der Waals surface area contributed by atoms with Crippen molar-refractivity contribution >= 4 is 0 Å². The molecule has 2 bridgehead atoms. The SMILES string of the molecule is CC(C)C1(O)C2CC3CNC1C3C2. The summed E-state index contributed by atoms with van der Waals surface area (Å²) in [5.41, 5.74) is -0.391. The van der Waals surface area contributed by atoms with Crippen LogP contribution in [0.3, 0.4) is 0 Å². The van der Waals surface area contributed by atoms with Crippen molar-refractivity contribution in [3.8, 4) is 0 Å². The van der Waals surface area contributed by atoms with Gasteiger partial charge in [0.15, 0.2) is 0 Å². The first-order chi connectivity index (χ1) is 6.14. The Morgan fingerprint density at radius 3 is 2.85 bits per heavy atom. The molecule has 0 radical (unpaired) electrons. The van der Waals surface area contributed by atoms with Crippen LogP contribution in [0.2, 0.25) is 0 Å². The maximum atomic E-state index is 10.7. The standard InChI is InChI=1S/C11H19NO/c1-6(2)11(13)8-3-7-5-12-10(11)9(7)4-8/h6-10,12-13H,3-5H2,1-2H3. The molecule has 0 amide bonds. The van der Waals surface area contributed by atoms with E-state index in [1.165, 1.54) is 12.8 Å². The zero-order chi connectivity index (χ0) is 9.22. The van der Waals surface area contributed by atoms with Crippen LogP contribution in [0.1, 0.15) is 26.7 Å². The summed E-state index contributed by atoms with van der Waals surface area (Å²) < 4.78 is 0. The zero-order valence-electron chi connectivity index (χ0n) is 8.46. The van der Waals surface area contributed by atoms with Crippen molar-refractivity contribution in [1.82, 2.24) is 5.32 Å². The lowest BCUT2D eigenvalue weighted by atomic mass is 9.72. The molecule has 2 nitrogen and oxygen atoms in total. The van der Waals surface area contributed by atoms with Crippen LogP contribution in [-0.2, 0) is 0 Å². The third kappa shape index (κ3) is 0.774. The Hall–Kier alpha value is -0.0800. The Balaban J connectivity index is 2.00. The normalized spacial score (nSPS) is 58.2. The highest BCUT2D eigenvalue weighted by molar-refractivity contribution is 5.18. The van der Waals surface area contributed by atoms with E-state index in [-0.39, 0.29) is 0 Å². The fourth-order valence-corrected chi connectivity index (χ4v) is 4.20. The van der Waals surface area contributed by atoms with E-state index in [2.05, 4.69) is 19.2 Å². The molecule has 1 heterocycles. The molecule has 5 atom stereocenters. The lowest BCUT2D eigenvalue weighted by Gasteiger charge is -2.40. The molecule has 74 valence electrons. The van der Waals surface area contributed by atoms with Crippen LogP contribution < -0.4 is 5.32 Å². The average molecular weight is 181 g/mol.